The number of phosphoric ester groups is 1. The molecule has 2 heterocycles. The van der Waals surface area contributed by atoms with Crippen LogP contribution in [-0.4, -0.2) is 59.1 Å². The van der Waals surface area contributed by atoms with Crippen molar-refractivity contribution in [2.45, 2.75) is 43.4 Å². The summed E-state index contributed by atoms with van der Waals surface area (Å²) in [6, 6.07) is 3.93. The van der Waals surface area contributed by atoms with Crippen LogP contribution in [-0.2, 0) is 25.7 Å². The number of hydrogen-bond donors (Lipinski definition) is 2. The summed E-state index contributed by atoms with van der Waals surface area (Å²) in [5.74, 6) is 1.38. The Morgan fingerprint density at radius 3 is 2.76 bits per heavy atom. The standard InChI is InChI=1S/C20H24NO7P/c1-11(22)21(2)9-8-20-13-5-7-16(28-29(23,24)25)19(20)27-18-15(26-3)6-4-12(17(18)20)10-14(13)21/h4-7,13-14,16,19H,8-10H2,1-3H3,(H-,23,24,25)/p+1/t13-,14+,16-,19-,20-,21?/m0/s1. The molecule has 1 spiro atoms. The van der Waals surface area contributed by atoms with Crippen molar-refractivity contribution in [3.63, 3.8) is 0 Å². The molecule has 6 atom stereocenters. The zero-order chi connectivity index (χ0) is 20.8. The average Bonchev–Trinajstić information content (AvgIpc) is 3.00. The van der Waals surface area contributed by atoms with Crippen molar-refractivity contribution >= 4 is 13.7 Å². The largest absolute Gasteiger partial charge is 0.493 e. The van der Waals surface area contributed by atoms with Gasteiger partial charge >= 0.3 is 13.7 Å². The van der Waals surface area contributed by atoms with Crippen molar-refractivity contribution in [2.75, 3.05) is 20.7 Å². The lowest BCUT2D eigenvalue weighted by Gasteiger charge is -2.58. The third-order valence-electron chi connectivity index (χ3n) is 7.59. The Hall–Kier alpha value is -1.70. The number of phosphoric acid groups is 1. The fraction of sp³-hybridized carbons (Fsp3) is 0.550. The zero-order valence-electron chi connectivity index (χ0n) is 16.6. The summed E-state index contributed by atoms with van der Waals surface area (Å²) in [6.45, 7) is 2.28. The van der Waals surface area contributed by atoms with Gasteiger partial charge in [0, 0.05) is 24.3 Å². The summed E-state index contributed by atoms with van der Waals surface area (Å²) in [6.07, 6.45) is 3.61. The first-order chi connectivity index (χ1) is 13.6. The molecule has 1 aromatic carbocycles. The summed E-state index contributed by atoms with van der Waals surface area (Å²) in [4.78, 5) is 31.5. The van der Waals surface area contributed by atoms with E-state index in [1.54, 1.807) is 20.1 Å². The number of nitrogens with zero attached hydrogens (tertiary/aromatic N) is 1. The number of quaternary nitrogens is 1. The number of amides is 1. The van der Waals surface area contributed by atoms with Gasteiger partial charge in [-0.15, -0.1) is 0 Å². The third kappa shape index (κ3) is 2.41. The van der Waals surface area contributed by atoms with Crippen LogP contribution in [0.15, 0.2) is 24.3 Å². The summed E-state index contributed by atoms with van der Waals surface area (Å²) in [5, 5.41) is 0. The topological polar surface area (TPSA) is 102 Å². The van der Waals surface area contributed by atoms with E-state index in [0.717, 1.165) is 17.5 Å². The summed E-state index contributed by atoms with van der Waals surface area (Å²) >= 11 is 0. The van der Waals surface area contributed by atoms with Crippen LogP contribution >= 0.6 is 7.82 Å². The second kappa shape index (κ2) is 5.93. The molecule has 1 fully saturated rings. The first kappa shape index (κ1) is 19.3. The highest BCUT2D eigenvalue weighted by Crippen LogP contribution is 2.64. The number of carbonyl (C=O) groups is 1. The minimum absolute atomic E-state index is 0.00706. The lowest BCUT2D eigenvalue weighted by atomic mass is 9.52. The predicted molar refractivity (Wildman–Crippen MR) is 102 cm³/mol. The molecule has 2 bridgehead atoms. The van der Waals surface area contributed by atoms with Gasteiger partial charge in [0.2, 0.25) is 0 Å². The molecule has 9 heteroatoms. The molecule has 1 unspecified atom stereocenters. The number of methoxy groups -OCH3 is 1. The van der Waals surface area contributed by atoms with E-state index in [2.05, 4.69) is 0 Å². The van der Waals surface area contributed by atoms with Crippen LogP contribution in [0.1, 0.15) is 24.5 Å². The van der Waals surface area contributed by atoms with E-state index in [-0.39, 0.29) is 17.9 Å². The van der Waals surface area contributed by atoms with Crippen LogP contribution in [0.2, 0.25) is 0 Å². The molecule has 1 amide bonds. The number of piperidine rings is 1. The smallest absolute Gasteiger partial charge is 0.470 e. The molecule has 8 nitrogen and oxygen atoms in total. The van der Waals surface area contributed by atoms with E-state index in [1.807, 2.05) is 25.3 Å². The Balaban J connectivity index is 1.74. The van der Waals surface area contributed by atoms with Gasteiger partial charge in [0.05, 0.1) is 33.0 Å². The van der Waals surface area contributed by atoms with Crippen molar-refractivity contribution < 1.29 is 37.6 Å². The molecular weight excluding hydrogens is 397 g/mol. The van der Waals surface area contributed by atoms with E-state index in [0.29, 0.717) is 28.9 Å². The molecule has 0 aromatic heterocycles. The Kier molecular flexibility index (Phi) is 3.94. The maximum absolute atomic E-state index is 12.6. The molecule has 0 saturated carbocycles. The van der Waals surface area contributed by atoms with Gasteiger partial charge < -0.3 is 19.3 Å². The maximum atomic E-state index is 12.6. The SMILES string of the molecule is COc1ccc2c3c1O[C@H]1[C@@H](OP(=O)(O)O)C=C[C@H]4[C@@H](C2)[N+](C)(C(C)=O)CC[C@@]341. The highest BCUT2D eigenvalue weighted by molar-refractivity contribution is 7.46. The van der Waals surface area contributed by atoms with Crippen molar-refractivity contribution in [2.24, 2.45) is 5.92 Å². The number of hydrogen-bond acceptors (Lipinski definition) is 5. The Labute approximate surface area is 168 Å². The fourth-order valence-corrected chi connectivity index (χ4v) is 6.69. The van der Waals surface area contributed by atoms with Crippen LogP contribution in [0, 0.1) is 5.92 Å². The van der Waals surface area contributed by atoms with Gasteiger partial charge in [-0.25, -0.2) is 9.36 Å². The Morgan fingerprint density at radius 1 is 1.34 bits per heavy atom. The quantitative estimate of drug-likeness (QED) is 0.434. The fourth-order valence-electron chi connectivity index (χ4n) is 6.19. The van der Waals surface area contributed by atoms with E-state index in [1.165, 1.54) is 0 Å². The van der Waals surface area contributed by atoms with Gasteiger partial charge in [-0.3, -0.25) is 9.01 Å². The molecule has 1 aromatic rings. The molecule has 2 aliphatic heterocycles. The summed E-state index contributed by atoms with van der Waals surface area (Å²) in [7, 11) is -1.14. The lowest BCUT2D eigenvalue weighted by Crippen LogP contribution is -2.72. The van der Waals surface area contributed by atoms with Crippen molar-refractivity contribution in [3.05, 3.63) is 35.4 Å². The first-order valence-electron chi connectivity index (χ1n) is 9.77. The molecular formula is C20H25NO7P+. The van der Waals surface area contributed by atoms with Crippen molar-refractivity contribution in [1.82, 2.24) is 0 Å². The Morgan fingerprint density at radius 2 is 2.10 bits per heavy atom. The van der Waals surface area contributed by atoms with Crippen LogP contribution in [0.4, 0.5) is 0 Å². The van der Waals surface area contributed by atoms with Gasteiger partial charge in [-0.2, -0.15) is 0 Å². The minimum atomic E-state index is -4.71. The van der Waals surface area contributed by atoms with Gasteiger partial charge in [0.15, 0.2) is 11.5 Å². The van der Waals surface area contributed by atoms with Crippen molar-refractivity contribution in [1.29, 1.82) is 0 Å². The van der Waals surface area contributed by atoms with E-state index >= 15 is 0 Å². The van der Waals surface area contributed by atoms with Gasteiger partial charge in [0.25, 0.3) is 0 Å². The lowest BCUT2D eigenvalue weighted by molar-refractivity contribution is -0.872. The minimum Gasteiger partial charge on any atom is -0.493 e. The monoisotopic (exact) mass is 422 g/mol. The zero-order valence-corrected chi connectivity index (χ0v) is 17.5. The summed E-state index contributed by atoms with van der Waals surface area (Å²) < 4.78 is 29.0. The molecule has 2 N–H and O–H groups in total. The van der Waals surface area contributed by atoms with Gasteiger partial charge in [-0.05, 0) is 11.6 Å². The van der Waals surface area contributed by atoms with Crippen LogP contribution in [0.25, 0.3) is 0 Å². The molecule has 1 saturated heterocycles. The van der Waals surface area contributed by atoms with Gasteiger partial charge in [0.1, 0.15) is 18.2 Å². The van der Waals surface area contributed by atoms with E-state index in [9.17, 15) is 19.1 Å². The van der Waals surface area contributed by atoms with Crippen LogP contribution in [0.5, 0.6) is 11.5 Å². The molecule has 5 rings (SSSR count). The maximum Gasteiger partial charge on any atom is 0.470 e. The van der Waals surface area contributed by atoms with E-state index < -0.39 is 25.4 Å². The number of benzene rings is 1. The highest BCUT2D eigenvalue weighted by Gasteiger charge is 2.69. The predicted octanol–water partition coefficient (Wildman–Crippen LogP) is 1.68. The first-order valence-corrected chi connectivity index (χ1v) is 11.3. The number of likely N-dealkylation sites (tertiary alicyclic amines) is 1. The normalized spacial score (nSPS) is 38.9. The molecule has 4 aliphatic rings. The highest BCUT2D eigenvalue weighted by atomic mass is 31.2. The number of likely N-dealkylation sites (N-methyl/N-ethyl adjacent to an activating group) is 1. The molecule has 29 heavy (non-hydrogen) atoms. The van der Waals surface area contributed by atoms with E-state index in [4.69, 9.17) is 14.0 Å². The Bertz CT molecular complexity index is 987. The number of rotatable bonds is 3. The van der Waals surface area contributed by atoms with Crippen LogP contribution in [0.3, 0.4) is 0 Å². The molecule has 156 valence electrons. The second-order valence-corrected chi connectivity index (χ2v) is 9.91. The third-order valence-corrected chi connectivity index (χ3v) is 8.11. The number of ether oxygens (including phenoxy) is 2. The molecule has 2 aliphatic carbocycles. The van der Waals surface area contributed by atoms with Crippen molar-refractivity contribution in [3.8, 4) is 11.5 Å². The van der Waals surface area contributed by atoms with Crippen LogP contribution < -0.4 is 9.47 Å². The second-order valence-electron chi connectivity index (χ2n) is 8.71. The summed E-state index contributed by atoms with van der Waals surface area (Å²) in [5.41, 5.74) is 1.67. The average molecular weight is 422 g/mol. The number of carbonyl (C=O) groups excluding carboxylic acids is 1. The van der Waals surface area contributed by atoms with Gasteiger partial charge in [-0.1, -0.05) is 18.2 Å². The molecule has 0 radical (unpaired) electrons.